The van der Waals surface area contributed by atoms with Gasteiger partial charge >= 0.3 is 0 Å². The lowest BCUT2D eigenvalue weighted by Gasteiger charge is -2.32. The summed E-state index contributed by atoms with van der Waals surface area (Å²) in [5.41, 5.74) is 3.25. The van der Waals surface area contributed by atoms with Gasteiger partial charge in [0.05, 0.1) is 31.1 Å². The van der Waals surface area contributed by atoms with Gasteiger partial charge in [0.25, 0.3) is 0 Å². The number of amides is 4. The van der Waals surface area contributed by atoms with Crippen LogP contribution in [0.5, 0.6) is 0 Å². The van der Waals surface area contributed by atoms with Gasteiger partial charge in [-0.1, -0.05) is 45.9 Å². The van der Waals surface area contributed by atoms with Crippen LogP contribution in [0.2, 0.25) is 0 Å². The first-order chi connectivity index (χ1) is 22.7. The zero-order valence-electron chi connectivity index (χ0n) is 28.5. The van der Waals surface area contributed by atoms with E-state index in [1.165, 1.54) is 5.56 Å². The third-order valence-electron chi connectivity index (χ3n) is 8.74. The molecule has 4 aliphatic rings. The second-order valence-corrected chi connectivity index (χ2v) is 12.6. The normalized spacial score (nSPS) is 24.7. The van der Waals surface area contributed by atoms with Crippen LogP contribution in [0, 0.1) is 0 Å². The maximum absolute atomic E-state index is 12.2. The molecule has 0 spiro atoms. The molecular formula is C34H52N8O5. The summed E-state index contributed by atoms with van der Waals surface area (Å²) in [4.78, 5) is 50.9. The van der Waals surface area contributed by atoms with Gasteiger partial charge in [-0.3, -0.25) is 34.5 Å². The molecule has 4 amide bonds. The SMILES string of the molecule is CC.CC(C)NCCC1CN(C2CCC(=O)NC2=O)c2ccccc21.CN1CCOCC(n2cc(NC3CCC(=O)NC3=O)cn2)C1. The number of carbonyl (C=O) groups excluding carboxylic acids is 4. The Morgan fingerprint density at radius 3 is 2.45 bits per heavy atom. The average Bonchev–Trinajstić information content (AvgIpc) is 3.59. The molecule has 0 radical (unpaired) electrons. The first-order valence-corrected chi connectivity index (χ1v) is 17.0. The average molecular weight is 653 g/mol. The molecular weight excluding hydrogens is 600 g/mol. The summed E-state index contributed by atoms with van der Waals surface area (Å²) in [5.74, 6) is -0.366. The van der Waals surface area contributed by atoms with Crippen molar-refractivity contribution in [2.45, 2.75) is 89.9 Å². The Hall–Kier alpha value is -3.81. The van der Waals surface area contributed by atoms with Crippen molar-refractivity contribution in [1.29, 1.82) is 0 Å². The zero-order valence-corrected chi connectivity index (χ0v) is 28.5. The number of imide groups is 2. The number of likely N-dealkylation sites (N-methyl/N-ethyl adjacent to an activating group) is 1. The van der Waals surface area contributed by atoms with Gasteiger partial charge in [0.1, 0.15) is 12.1 Å². The zero-order chi connectivity index (χ0) is 33.9. The van der Waals surface area contributed by atoms with Gasteiger partial charge < -0.3 is 25.2 Å². The quantitative estimate of drug-likeness (QED) is 0.313. The lowest BCUT2D eigenvalue weighted by atomic mass is 9.98. The number of rotatable bonds is 8. The molecule has 0 bridgehead atoms. The maximum Gasteiger partial charge on any atom is 0.249 e. The van der Waals surface area contributed by atoms with Crippen LogP contribution in [0.25, 0.3) is 0 Å². The van der Waals surface area contributed by atoms with Crippen LogP contribution < -0.4 is 26.2 Å². The number of fused-ring (bicyclic) bond motifs is 1. The first kappa shape index (κ1) is 36.0. The lowest BCUT2D eigenvalue weighted by Crippen LogP contribution is -2.52. The highest BCUT2D eigenvalue weighted by Crippen LogP contribution is 2.40. The number of hydrogen-bond donors (Lipinski definition) is 4. The van der Waals surface area contributed by atoms with Gasteiger partial charge in [-0.05, 0) is 44.5 Å². The smallest absolute Gasteiger partial charge is 0.249 e. The van der Waals surface area contributed by atoms with Gasteiger partial charge in [0.2, 0.25) is 23.6 Å². The molecule has 258 valence electrons. The molecule has 4 N–H and O–H groups in total. The van der Waals surface area contributed by atoms with Crippen molar-refractivity contribution in [3.05, 3.63) is 42.2 Å². The fourth-order valence-corrected chi connectivity index (χ4v) is 6.34. The highest BCUT2D eigenvalue weighted by Gasteiger charge is 2.38. The molecule has 0 aliphatic carbocycles. The van der Waals surface area contributed by atoms with Gasteiger partial charge in [0.15, 0.2) is 0 Å². The van der Waals surface area contributed by atoms with E-state index in [1.54, 1.807) is 6.20 Å². The summed E-state index contributed by atoms with van der Waals surface area (Å²) in [6.45, 7) is 13.3. The lowest BCUT2D eigenvalue weighted by molar-refractivity contribution is -0.135. The molecule has 4 aliphatic heterocycles. The predicted molar refractivity (Wildman–Crippen MR) is 181 cm³/mol. The second kappa shape index (κ2) is 17.4. The fraction of sp³-hybridized carbons (Fsp3) is 0.618. The standard InChI is InChI=1S/C18H25N3O2.C14H21N5O3.C2H6/c1-12(2)19-10-9-13-11-21(15-6-4-3-5-14(13)15)16-7-8-17(22)20-18(16)23;1-18-4-5-22-9-11(8-18)19-7-10(6-15-19)16-12-2-3-13(20)17-14(12)21;1-2/h3-6,12-13,16,19H,7-11H2,1-2H3,(H,20,22,23);6-7,11-12,16H,2-5,8-9H2,1H3,(H,17,20,21);1-2H3. The first-order valence-electron chi connectivity index (χ1n) is 17.0. The second-order valence-electron chi connectivity index (χ2n) is 12.6. The van der Waals surface area contributed by atoms with Crippen LogP contribution in [-0.2, 0) is 23.9 Å². The number of piperidine rings is 2. The van der Waals surface area contributed by atoms with Crippen LogP contribution in [0.3, 0.4) is 0 Å². The number of ether oxygens (including phenoxy) is 1. The predicted octanol–water partition coefficient (Wildman–Crippen LogP) is 2.41. The number of benzene rings is 1. The van der Waals surface area contributed by atoms with E-state index >= 15 is 0 Å². The van der Waals surface area contributed by atoms with Crippen molar-refractivity contribution in [2.24, 2.45) is 0 Å². The van der Waals surface area contributed by atoms with Crippen LogP contribution in [0.1, 0.15) is 77.3 Å². The largest absolute Gasteiger partial charge is 0.378 e. The van der Waals surface area contributed by atoms with E-state index in [0.29, 0.717) is 44.2 Å². The van der Waals surface area contributed by atoms with Crippen LogP contribution in [-0.4, -0.2) is 103 Å². The number of anilines is 2. The van der Waals surface area contributed by atoms with Gasteiger partial charge in [-0.15, -0.1) is 0 Å². The van der Waals surface area contributed by atoms with E-state index < -0.39 is 0 Å². The third kappa shape index (κ3) is 9.85. The van der Waals surface area contributed by atoms with Crippen LogP contribution in [0.15, 0.2) is 36.7 Å². The van der Waals surface area contributed by atoms with Crippen molar-refractivity contribution in [3.8, 4) is 0 Å². The van der Waals surface area contributed by atoms with E-state index in [0.717, 1.165) is 50.6 Å². The Morgan fingerprint density at radius 1 is 1.00 bits per heavy atom. The van der Waals surface area contributed by atoms with E-state index in [9.17, 15) is 19.2 Å². The summed E-state index contributed by atoms with van der Waals surface area (Å²) in [7, 11) is 2.06. The number of para-hydroxylation sites is 1. The van der Waals surface area contributed by atoms with Gasteiger partial charge in [-0.25, -0.2) is 0 Å². The summed E-state index contributed by atoms with van der Waals surface area (Å²) in [5, 5.41) is 15.8. The number of nitrogens with one attached hydrogen (secondary N) is 4. The summed E-state index contributed by atoms with van der Waals surface area (Å²) in [6, 6.07) is 8.38. The minimum Gasteiger partial charge on any atom is -0.378 e. The van der Waals surface area contributed by atoms with E-state index in [1.807, 2.05) is 30.8 Å². The third-order valence-corrected chi connectivity index (χ3v) is 8.74. The van der Waals surface area contributed by atoms with E-state index in [4.69, 9.17) is 4.74 Å². The molecule has 13 heteroatoms. The Bertz CT molecular complexity index is 1360. The highest BCUT2D eigenvalue weighted by molar-refractivity contribution is 6.02. The molecule has 3 saturated heterocycles. The molecule has 0 saturated carbocycles. The van der Waals surface area contributed by atoms with Crippen molar-refractivity contribution in [1.82, 2.24) is 30.6 Å². The number of hydrogen-bond acceptors (Lipinski definition) is 10. The molecule has 4 unspecified atom stereocenters. The number of aromatic nitrogens is 2. The van der Waals surface area contributed by atoms with Crippen LogP contribution >= 0.6 is 0 Å². The molecule has 2 aromatic rings. The minimum atomic E-state index is -0.386. The molecule has 13 nitrogen and oxygen atoms in total. The summed E-state index contributed by atoms with van der Waals surface area (Å²) in [6.07, 6.45) is 6.54. The molecule has 1 aromatic heterocycles. The summed E-state index contributed by atoms with van der Waals surface area (Å²) < 4.78 is 7.47. The fourth-order valence-electron chi connectivity index (χ4n) is 6.34. The molecule has 1 aromatic carbocycles. The van der Waals surface area contributed by atoms with Gasteiger partial charge in [0, 0.05) is 56.3 Å². The molecule has 5 heterocycles. The Kier molecular flexibility index (Phi) is 13.3. The Balaban J connectivity index is 0.000000202. The molecule has 47 heavy (non-hydrogen) atoms. The van der Waals surface area contributed by atoms with Crippen molar-refractivity contribution in [3.63, 3.8) is 0 Å². The van der Waals surface area contributed by atoms with Crippen LogP contribution in [0.4, 0.5) is 11.4 Å². The van der Waals surface area contributed by atoms with Gasteiger partial charge in [-0.2, -0.15) is 5.10 Å². The Morgan fingerprint density at radius 2 is 1.72 bits per heavy atom. The van der Waals surface area contributed by atoms with E-state index in [-0.39, 0.29) is 41.8 Å². The van der Waals surface area contributed by atoms with Crippen molar-refractivity contribution in [2.75, 3.05) is 56.7 Å². The number of carbonyl (C=O) groups is 4. The molecule has 4 atom stereocenters. The van der Waals surface area contributed by atoms with Crippen molar-refractivity contribution < 1.29 is 23.9 Å². The Labute approximate surface area is 278 Å². The summed E-state index contributed by atoms with van der Waals surface area (Å²) >= 11 is 0. The van der Waals surface area contributed by atoms with E-state index in [2.05, 4.69) is 75.3 Å². The minimum absolute atomic E-state index is 0.156. The topological polar surface area (TPSA) is 150 Å². The van der Waals surface area contributed by atoms with Crippen molar-refractivity contribution >= 4 is 35.0 Å². The molecule has 6 rings (SSSR count). The monoisotopic (exact) mass is 652 g/mol. The molecule has 3 fully saturated rings. The number of nitrogens with zero attached hydrogens (tertiary/aromatic N) is 4. The maximum atomic E-state index is 12.2. The highest BCUT2D eigenvalue weighted by atomic mass is 16.5.